The minimum absolute atomic E-state index is 0.0343. The fraction of sp³-hybridized carbons (Fsp3) is 0.588. The zero-order valence-electron chi connectivity index (χ0n) is 13.9. The van der Waals surface area contributed by atoms with Gasteiger partial charge in [-0.25, -0.2) is 4.52 Å². The first kappa shape index (κ1) is 17.3. The lowest BCUT2D eigenvalue weighted by Crippen LogP contribution is -2.52. The van der Waals surface area contributed by atoms with E-state index in [1.165, 1.54) is 0 Å². The van der Waals surface area contributed by atoms with Crippen molar-refractivity contribution in [2.75, 3.05) is 11.9 Å². The molecule has 2 atom stereocenters. The molecular formula is C17H20ClIN4O2. The average molecular weight is 475 g/mol. The van der Waals surface area contributed by atoms with E-state index in [1.807, 2.05) is 19.2 Å². The highest BCUT2D eigenvalue weighted by molar-refractivity contribution is 14.1. The number of nitrogens with one attached hydrogen (secondary N) is 1. The van der Waals surface area contributed by atoms with E-state index in [0.29, 0.717) is 24.3 Å². The zero-order chi connectivity index (χ0) is 17.6. The Morgan fingerprint density at radius 3 is 2.84 bits per heavy atom. The fourth-order valence-corrected chi connectivity index (χ4v) is 5.28. The van der Waals surface area contributed by atoms with Gasteiger partial charge in [0.1, 0.15) is 5.52 Å². The highest BCUT2D eigenvalue weighted by atomic mass is 127. The molecule has 8 heteroatoms. The maximum absolute atomic E-state index is 12.6. The van der Waals surface area contributed by atoms with E-state index in [9.17, 15) is 4.79 Å². The van der Waals surface area contributed by atoms with E-state index in [2.05, 4.69) is 38.0 Å². The van der Waals surface area contributed by atoms with E-state index in [-0.39, 0.29) is 23.2 Å². The van der Waals surface area contributed by atoms with E-state index in [4.69, 9.17) is 16.3 Å². The van der Waals surface area contributed by atoms with Crippen LogP contribution in [0, 0.1) is 21.3 Å². The molecule has 2 heterocycles. The predicted octanol–water partition coefficient (Wildman–Crippen LogP) is 3.77. The third kappa shape index (κ3) is 3.09. The molecule has 2 unspecified atom stereocenters. The lowest BCUT2D eigenvalue weighted by atomic mass is 9.61. The summed E-state index contributed by atoms with van der Waals surface area (Å²) in [5.74, 6) is 1.34. The number of carbonyl (C=O) groups is 1. The van der Waals surface area contributed by atoms with Crippen LogP contribution in [0.2, 0.25) is 5.28 Å². The molecule has 6 nitrogen and oxygen atoms in total. The van der Waals surface area contributed by atoms with E-state index in [1.54, 1.807) is 4.52 Å². The summed E-state index contributed by atoms with van der Waals surface area (Å²) in [5, 5.41) is 7.96. The topological polar surface area (TPSA) is 68.5 Å². The predicted molar refractivity (Wildman–Crippen MR) is 104 cm³/mol. The minimum atomic E-state index is -0.117. The number of anilines is 1. The van der Waals surface area contributed by atoms with Crippen molar-refractivity contribution in [3.63, 3.8) is 0 Å². The third-order valence-corrected chi connectivity index (χ3v) is 6.55. The Kier molecular flexibility index (Phi) is 4.79. The van der Waals surface area contributed by atoms with Crippen LogP contribution >= 0.6 is 34.2 Å². The molecular weight excluding hydrogens is 455 g/mol. The molecule has 2 bridgehead atoms. The maximum atomic E-state index is 12.6. The smallest absolute Gasteiger partial charge is 0.311 e. The number of aromatic nitrogens is 3. The lowest BCUT2D eigenvalue weighted by molar-refractivity contribution is -0.154. The van der Waals surface area contributed by atoms with Gasteiger partial charge in [0, 0.05) is 15.8 Å². The first-order chi connectivity index (χ1) is 12.1. The van der Waals surface area contributed by atoms with Crippen LogP contribution in [0.3, 0.4) is 0 Å². The summed E-state index contributed by atoms with van der Waals surface area (Å²) in [6.45, 7) is 2.28. The quantitative estimate of drug-likeness (QED) is 0.540. The van der Waals surface area contributed by atoms with Crippen molar-refractivity contribution in [1.82, 2.24) is 14.6 Å². The summed E-state index contributed by atoms with van der Waals surface area (Å²) in [4.78, 5) is 17.0. The fourth-order valence-electron chi connectivity index (χ4n) is 4.45. The zero-order valence-corrected chi connectivity index (χ0v) is 16.8. The average Bonchev–Trinajstić information content (AvgIpc) is 2.97. The Morgan fingerprint density at radius 2 is 2.12 bits per heavy atom. The molecule has 3 saturated carbocycles. The molecule has 2 aromatic heterocycles. The largest absolute Gasteiger partial charge is 0.466 e. The van der Waals surface area contributed by atoms with Gasteiger partial charge in [0.15, 0.2) is 5.82 Å². The molecule has 3 aliphatic rings. The molecule has 25 heavy (non-hydrogen) atoms. The summed E-state index contributed by atoms with van der Waals surface area (Å²) in [6.07, 6.45) is 6.37. The van der Waals surface area contributed by atoms with Gasteiger partial charge < -0.3 is 10.1 Å². The van der Waals surface area contributed by atoms with Crippen LogP contribution in [-0.4, -0.2) is 33.2 Å². The van der Waals surface area contributed by atoms with Gasteiger partial charge in [0.05, 0.1) is 12.5 Å². The molecule has 0 spiro atoms. The summed E-state index contributed by atoms with van der Waals surface area (Å²) in [7, 11) is 0. The Morgan fingerprint density at radius 1 is 1.40 bits per heavy atom. The number of halogens is 2. The van der Waals surface area contributed by atoms with Gasteiger partial charge in [-0.15, -0.1) is 5.10 Å². The Bertz CT molecular complexity index is 803. The Balaban J connectivity index is 1.71. The van der Waals surface area contributed by atoms with E-state index >= 15 is 0 Å². The van der Waals surface area contributed by atoms with Crippen molar-refractivity contribution in [3.05, 3.63) is 21.1 Å². The number of nitrogens with zero attached hydrogens (tertiary/aromatic N) is 3. The van der Waals surface area contributed by atoms with Crippen molar-refractivity contribution in [1.29, 1.82) is 0 Å². The summed E-state index contributed by atoms with van der Waals surface area (Å²) >= 11 is 8.37. The molecule has 5 rings (SSSR count). The SMILES string of the molecule is CCOC(=O)C1C2CCC(CC2)C1Nc1nc(Cl)nn2ccc(I)c12. The molecule has 0 amide bonds. The van der Waals surface area contributed by atoms with Crippen LogP contribution in [0.5, 0.6) is 0 Å². The van der Waals surface area contributed by atoms with Crippen LogP contribution in [0.15, 0.2) is 12.3 Å². The number of fused-ring (bicyclic) bond motifs is 4. The van der Waals surface area contributed by atoms with E-state index < -0.39 is 0 Å². The first-order valence-corrected chi connectivity index (χ1v) is 10.2. The number of hydrogen-bond donors (Lipinski definition) is 1. The molecule has 0 saturated heterocycles. The molecule has 134 valence electrons. The van der Waals surface area contributed by atoms with Gasteiger partial charge in [-0.1, -0.05) is 0 Å². The van der Waals surface area contributed by atoms with Crippen LogP contribution in [0.25, 0.3) is 5.52 Å². The third-order valence-electron chi connectivity index (χ3n) is 5.52. The summed E-state index contributed by atoms with van der Waals surface area (Å²) in [6, 6.07) is 2.01. The molecule has 3 aliphatic carbocycles. The minimum Gasteiger partial charge on any atom is -0.466 e. The maximum Gasteiger partial charge on any atom is 0.311 e. The van der Waals surface area contributed by atoms with E-state index in [0.717, 1.165) is 34.8 Å². The highest BCUT2D eigenvalue weighted by Gasteiger charge is 2.48. The Hall–Kier alpha value is -1.09. The van der Waals surface area contributed by atoms with Crippen molar-refractivity contribution >= 4 is 51.5 Å². The van der Waals surface area contributed by atoms with Crippen molar-refractivity contribution in [3.8, 4) is 0 Å². The van der Waals surface area contributed by atoms with Gasteiger partial charge >= 0.3 is 5.97 Å². The summed E-state index contributed by atoms with van der Waals surface area (Å²) in [5.41, 5.74) is 0.897. The standard InChI is InChI=1S/C17H20ClIN4O2/c1-2-25-16(24)12-9-3-5-10(6-4-9)13(12)20-15-14-11(19)7-8-23(14)22-17(18)21-15/h7-10,12-13H,2-6H2,1H3,(H,20,21,22). The monoisotopic (exact) mass is 474 g/mol. The molecule has 2 aromatic rings. The second kappa shape index (κ2) is 6.90. The normalized spacial score (nSPS) is 28.3. The van der Waals surface area contributed by atoms with Crippen molar-refractivity contribution < 1.29 is 9.53 Å². The number of ether oxygens (including phenoxy) is 1. The lowest BCUT2D eigenvalue weighted by Gasteiger charge is -2.47. The van der Waals surface area contributed by atoms with Crippen molar-refractivity contribution in [2.45, 2.75) is 38.6 Å². The first-order valence-electron chi connectivity index (χ1n) is 8.72. The number of hydrogen-bond acceptors (Lipinski definition) is 5. The number of carbonyl (C=O) groups excluding carboxylic acids is 1. The molecule has 1 N–H and O–H groups in total. The molecule has 0 aromatic carbocycles. The number of esters is 1. The molecule has 3 fully saturated rings. The van der Waals surface area contributed by atoms with Crippen LogP contribution in [0.4, 0.5) is 5.82 Å². The van der Waals surface area contributed by atoms with Gasteiger partial charge in [0.25, 0.3) is 0 Å². The van der Waals surface area contributed by atoms with Crippen LogP contribution < -0.4 is 5.32 Å². The number of rotatable bonds is 4. The summed E-state index contributed by atoms with van der Waals surface area (Å²) < 4.78 is 8.16. The van der Waals surface area contributed by atoms with Gasteiger partial charge in [-0.05, 0) is 84.7 Å². The van der Waals surface area contributed by atoms with Gasteiger partial charge in [0.2, 0.25) is 5.28 Å². The van der Waals surface area contributed by atoms with Gasteiger partial charge in [-0.3, -0.25) is 4.79 Å². The van der Waals surface area contributed by atoms with Crippen molar-refractivity contribution in [2.24, 2.45) is 17.8 Å². The Labute approximate surface area is 164 Å². The molecule has 0 aliphatic heterocycles. The van der Waals surface area contributed by atoms with Crippen LogP contribution in [0.1, 0.15) is 32.6 Å². The van der Waals surface area contributed by atoms with Crippen LogP contribution in [-0.2, 0) is 9.53 Å². The second-order valence-corrected chi connectivity index (χ2v) is 8.31. The van der Waals surface area contributed by atoms with Gasteiger partial charge in [-0.2, -0.15) is 4.98 Å². The highest BCUT2D eigenvalue weighted by Crippen LogP contribution is 2.47. The molecule has 0 radical (unpaired) electrons. The second-order valence-electron chi connectivity index (χ2n) is 6.81.